The molecule has 96 valence electrons. The van der Waals surface area contributed by atoms with E-state index in [1.165, 1.54) is 10.9 Å². The number of sulfonamides is 1. The van der Waals surface area contributed by atoms with Gasteiger partial charge in [-0.05, 0) is 19.1 Å². The number of hydrogen-bond acceptors (Lipinski definition) is 3. The van der Waals surface area contributed by atoms with Crippen molar-refractivity contribution in [1.29, 1.82) is 0 Å². The summed E-state index contributed by atoms with van der Waals surface area (Å²) in [5.74, 6) is 0. The number of halogens is 1. The summed E-state index contributed by atoms with van der Waals surface area (Å²) in [5.41, 5.74) is 0.914. The Kier molecular flexibility index (Phi) is 3.32. The highest BCUT2D eigenvalue weighted by Gasteiger charge is 2.20. The number of aromatic nitrogens is 2. The zero-order chi connectivity index (χ0) is 13.3. The fourth-order valence-electron chi connectivity index (χ4n) is 1.49. The van der Waals surface area contributed by atoms with Crippen LogP contribution in [0.15, 0.2) is 35.4 Å². The smallest absolute Gasteiger partial charge is 0.265 e. The summed E-state index contributed by atoms with van der Waals surface area (Å²) in [6.45, 7) is 1.69. The summed E-state index contributed by atoms with van der Waals surface area (Å²) in [6.07, 6.45) is 1.31. The van der Waals surface area contributed by atoms with Crippen molar-refractivity contribution in [2.75, 3.05) is 4.72 Å². The molecule has 0 bridgehead atoms. The van der Waals surface area contributed by atoms with Crippen LogP contribution in [0.25, 0.3) is 0 Å². The minimum atomic E-state index is -3.66. The van der Waals surface area contributed by atoms with Crippen molar-refractivity contribution in [2.24, 2.45) is 7.05 Å². The number of para-hydroxylation sites is 1. The van der Waals surface area contributed by atoms with Crippen LogP contribution < -0.4 is 4.72 Å². The number of aryl methyl sites for hydroxylation is 1. The Morgan fingerprint density at radius 1 is 1.33 bits per heavy atom. The Balaban J connectivity index is 2.40. The first kappa shape index (κ1) is 12.9. The van der Waals surface area contributed by atoms with E-state index in [9.17, 15) is 8.42 Å². The second-order valence-electron chi connectivity index (χ2n) is 3.80. The summed E-state index contributed by atoms with van der Waals surface area (Å²) in [5, 5.41) is 4.26. The Morgan fingerprint density at radius 3 is 2.56 bits per heavy atom. The Bertz CT molecular complexity index is 679. The highest BCUT2D eigenvalue weighted by Crippen LogP contribution is 2.24. The number of rotatable bonds is 3. The van der Waals surface area contributed by atoms with Gasteiger partial charge in [0.25, 0.3) is 10.0 Å². The van der Waals surface area contributed by atoms with Crippen molar-refractivity contribution in [3.8, 4) is 0 Å². The van der Waals surface area contributed by atoms with Crippen LogP contribution >= 0.6 is 11.6 Å². The van der Waals surface area contributed by atoms with Crippen molar-refractivity contribution in [3.63, 3.8) is 0 Å². The molecule has 1 N–H and O–H groups in total. The maximum Gasteiger partial charge on any atom is 0.265 e. The lowest BCUT2D eigenvalue weighted by atomic mass is 10.3. The van der Waals surface area contributed by atoms with E-state index in [0.29, 0.717) is 16.4 Å². The molecule has 0 spiro atoms. The minimum absolute atomic E-state index is 0.143. The first-order valence-electron chi connectivity index (χ1n) is 5.18. The molecule has 1 heterocycles. The van der Waals surface area contributed by atoms with E-state index in [0.717, 1.165) is 0 Å². The summed E-state index contributed by atoms with van der Waals surface area (Å²) < 4.78 is 28.3. The fourth-order valence-corrected chi connectivity index (χ4v) is 3.01. The van der Waals surface area contributed by atoms with Gasteiger partial charge in [0.1, 0.15) is 4.90 Å². The normalized spacial score (nSPS) is 11.5. The molecule has 0 fully saturated rings. The van der Waals surface area contributed by atoms with Gasteiger partial charge in [-0.3, -0.25) is 9.40 Å². The van der Waals surface area contributed by atoms with Crippen LogP contribution in [-0.4, -0.2) is 18.2 Å². The number of benzene rings is 1. The van der Waals surface area contributed by atoms with Crippen molar-refractivity contribution in [3.05, 3.63) is 41.2 Å². The number of nitrogens with one attached hydrogen (secondary N) is 1. The Morgan fingerprint density at radius 2 is 2.00 bits per heavy atom. The van der Waals surface area contributed by atoms with Gasteiger partial charge in [-0.2, -0.15) is 5.10 Å². The van der Waals surface area contributed by atoms with Crippen LogP contribution in [0.4, 0.5) is 5.69 Å². The molecule has 0 radical (unpaired) electrons. The molecule has 1 aromatic heterocycles. The third-order valence-electron chi connectivity index (χ3n) is 2.60. The van der Waals surface area contributed by atoms with Gasteiger partial charge < -0.3 is 0 Å². The van der Waals surface area contributed by atoms with Gasteiger partial charge in [0.2, 0.25) is 0 Å². The summed E-state index contributed by atoms with van der Waals surface area (Å²) >= 11 is 5.91. The van der Waals surface area contributed by atoms with Gasteiger partial charge in [-0.15, -0.1) is 0 Å². The van der Waals surface area contributed by atoms with Crippen LogP contribution in [0.3, 0.4) is 0 Å². The van der Waals surface area contributed by atoms with E-state index in [1.807, 2.05) is 0 Å². The molecule has 7 heteroatoms. The number of nitrogens with zero attached hydrogens (tertiary/aromatic N) is 2. The molecular weight excluding hydrogens is 274 g/mol. The molecule has 0 unspecified atom stereocenters. The van der Waals surface area contributed by atoms with E-state index in [1.54, 1.807) is 38.2 Å². The van der Waals surface area contributed by atoms with E-state index in [2.05, 4.69) is 9.82 Å². The average Bonchev–Trinajstić information content (AvgIpc) is 2.63. The summed E-state index contributed by atoms with van der Waals surface area (Å²) in [4.78, 5) is 0.143. The minimum Gasteiger partial charge on any atom is -0.278 e. The monoisotopic (exact) mass is 285 g/mol. The van der Waals surface area contributed by atoms with Gasteiger partial charge in [-0.25, -0.2) is 8.42 Å². The standard InChI is InChI=1S/C11H12ClN3O2S/c1-8-11(7-13-15(8)2)18(16,17)14-10-6-4-3-5-9(10)12/h3-7,14H,1-2H3. The van der Waals surface area contributed by atoms with E-state index < -0.39 is 10.0 Å². The van der Waals surface area contributed by atoms with Crippen LogP contribution in [0.1, 0.15) is 5.69 Å². The predicted molar refractivity (Wildman–Crippen MR) is 70.2 cm³/mol. The lowest BCUT2D eigenvalue weighted by Crippen LogP contribution is -2.14. The molecule has 2 aromatic rings. The lowest BCUT2D eigenvalue weighted by Gasteiger charge is -2.08. The van der Waals surface area contributed by atoms with E-state index >= 15 is 0 Å². The molecule has 0 aliphatic rings. The van der Waals surface area contributed by atoms with E-state index in [4.69, 9.17) is 11.6 Å². The van der Waals surface area contributed by atoms with Crippen LogP contribution in [0.2, 0.25) is 5.02 Å². The summed E-state index contributed by atoms with van der Waals surface area (Å²) in [7, 11) is -1.98. The second-order valence-corrected chi connectivity index (χ2v) is 5.86. The maximum absolute atomic E-state index is 12.2. The molecule has 18 heavy (non-hydrogen) atoms. The van der Waals surface area contributed by atoms with Crippen LogP contribution in [0.5, 0.6) is 0 Å². The number of anilines is 1. The maximum atomic E-state index is 12.2. The molecular formula is C11H12ClN3O2S. The largest absolute Gasteiger partial charge is 0.278 e. The lowest BCUT2D eigenvalue weighted by molar-refractivity contribution is 0.600. The van der Waals surface area contributed by atoms with Crippen LogP contribution in [0, 0.1) is 6.92 Å². The first-order chi connectivity index (χ1) is 8.42. The van der Waals surface area contributed by atoms with Gasteiger partial charge in [0.15, 0.2) is 0 Å². The third-order valence-corrected chi connectivity index (χ3v) is 4.40. The summed E-state index contributed by atoms with van der Waals surface area (Å²) in [6, 6.07) is 6.66. The molecule has 5 nitrogen and oxygen atoms in total. The molecule has 0 saturated heterocycles. The SMILES string of the molecule is Cc1c(S(=O)(=O)Nc2ccccc2Cl)cnn1C. The van der Waals surface area contributed by atoms with Crippen molar-refractivity contribution < 1.29 is 8.42 Å². The zero-order valence-electron chi connectivity index (χ0n) is 9.88. The predicted octanol–water partition coefficient (Wildman–Crippen LogP) is 2.18. The van der Waals surface area contributed by atoms with Gasteiger partial charge in [-0.1, -0.05) is 23.7 Å². The quantitative estimate of drug-likeness (QED) is 0.940. The molecule has 0 atom stereocenters. The second kappa shape index (κ2) is 4.62. The Labute approximate surface area is 110 Å². The molecule has 0 saturated carbocycles. The molecule has 1 aromatic carbocycles. The molecule has 0 aliphatic carbocycles. The highest BCUT2D eigenvalue weighted by atomic mass is 35.5. The fraction of sp³-hybridized carbons (Fsp3) is 0.182. The zero-order valence-corrected chi connectivity index (χ0v) is 11.5. The highest BCUT2D eigenvalue weighted by molar-refractivity contribution is 7.92. The molecule has 0 amide bonds. The number of hydrogen-bond donors (Lipinski definition) is 1. The van der Waals surface area contributed by atoms with Crippen molar-refractivity contribution in [2.45, 2.75) is 11.8 Å². The van der Waals surface area contributed by atoms with Crippen LogP contribution in [-0.2, 0) is 17.1 Å². The van der Waals surface area contributed by atoms with Gasteiger partial charge in [0, 0.05) is 7.05 Å². The van der Waals surface area contributed by atoms with Crippen molar-refractivity contribution >= 4 is 27.3 Å². The average molecular weight is 286 g/mol. The first-order valence-corrected chi connectivity index (χ1v) is 7.04. The van der Waals surface area contributed by atoms with Gasteiger partial charge >= 0.3 is 0 Å². The van der Waals surface area contributed by atoms with E-state index in [-0.39, 0.29) is 4.90 Å². The van der Waals surface area contributed by atoms with Gasteiger partial charge in [0.05, 0.1) is 22.6 Å². The van der Waals surface area contributed by atoms with Crippen molar-refractivity contribution in [1.82, 2.24) is 9.78 Å². The Hall–Kier alpha value is -1.53. The molecule has 2 rings (SSSR count). The molecule has 0 aliphatic heterocycles. The topological polar surface area (TPSA) is 64.0 Å². The third kappa shape index (κ3) is 2.34.